The van der Waals surface area contributed by atoms with Gasteiger partial charge in [0, 0.05) is 22.8 Å². The monoisotopic (exact) mass is 421 g/mol. The van der Waals surface area contributed by atoms with Crippen LogP contribution in [0.15, 0.2) is 58.1 Å². The Balaban J connectivity index is 2.02. The van der Waals surface area contributed by atoms with E-state index in [-0.39, 0.29) is 23.5 Å². The second-order valence-electron chi connectivity index (χ2n) is 5.90. The Hall–Kier alpha value is -2.00. The maximum absolute atomic E-state index is 13.5. The number of benzene rings is 1. The zero-order valence-electron chi connectivity index (χ0n) is 14.9. The summed E-state index contributed by atoms with van der Waals surface area (Å²) in [6.45, 7) is 2.28. The molecule has 142 valence electrons. The molecule has 0 unspecified atom stereocenters. The van der Waals surface area contributed by atoms with E-state index in [4.69, 9.17) is 4.74 Å². The van der Waals surface area contributed by atoms with Crippen LogP contribution in [0.1, 0.15) is 25.7 Å². The van der Waals surface area contributed by atoms with Crippen molar-refractivity contribution in [2.24, 2.45) is 0 Å². The van der Waals surface area contributed by atoms with Gasteiger partial charge in [0.2, 0.25) is 10.0 Å². The van der Waals surface area contributed by atoms with E-state index in [1.54, 1.807) is 19.1 Å². The van der Waals surface area contributed by atoms with Crippen molar-refractivity contribution < 1.29 is 17.9 Å². The summed E-state index contributed by atoms with van der Waals surface area (Å²) in [6, 6.07) is 12.2. The van der Waals surface area contributed by atoms with Crippen LogP contribution in [-0.4, -0.2) is 25.8 Å². The van der Waals surface area contributed by atoms with Crippen molar-refractivity contribution in [1.82, 2.24) is 4.31 Å². The molecule has 0 N–H and O–H groups in total. The van der Waals surface area contributed by atoms with Gasteiger partial charge in [0.1, 0.15) is 0 Å². The number of sulfonamides is 1. The smallest absolute Gasteiger partial charge is 0.337 e. The van der Waals surface area contributed by atoms with Crippen molar-refractivity contribution in [3.63, 3.8) is 0 Å². The zero-order chi connectivity index (χ0) is 19.4. The molecule has 1 aromatic carbocycles. The van der Waals surface area contributed by atoms with Crippen molar-refractivity contribution in [3.05, 3.63) is 74.1 Å². The zero-order valence-corrected chi connectivity index (χ0v) is 17.4. The average Bonchev–Trinajstić information content (AvgIpc) is 3.34. The van der Waals surface area contributed by atoms with Crippen LogP contribution in [0.3, 0.4) is 0 Å². The number of thiophene rings is 2. The average molecular weight is 422 g/mol. The molecule has 0 aliphatic carbocycles. The van der Waals surface area contributed by atoms with Gasteiger partial charge in [0.05, 0.1) is 17.6 Å². The molecule has 0 amide bonds. The summed E-state index contributed by atoms with van der Waals surface area (Å²) < 4.78 is 33.1. The second-order valence-corrected chi connectivity index (χ2v) is 9.87. The molecule has 2 aromatic heterocycles. The summed E-state index contributed by atoms with van der Waals surface area (Å²) in [5, 5.41) is 3.85. The van der Waals surface area contributed by atoms with E-state index in [9.17, 15) is 13.2 Å². The number of carbonyl (C=O) groups is 1. The molecule has 0 bridgehead atoms. The molecule has 0 radical (unpaired) electrons. The fraction of sp³-hybridized carbons (Fsp3) is 0.211. The predicted octanol–water partition coefficient (Wildman–Crippen LogP) is 4.30. The van der Waals surface area contributed by atoms with E-state index >= 15 is 0 Å². The van der Waals surface area contributed by atoms with Crippen LogP contribution in [0, 0.1) is 6.92 Å². The minimum absolute atomic E-state index is 0.124. The molecule has 0 fully saturated rings. The van der Waals surface area contributed by atoms with Crippen LogP contribution in [0.25, 0.3) is 0 Å². The van der Waals surface area contributed by atoms with E-state index < -0.39 is 16.0 Å². The van der Waals surface area contributed by atoms with Gasteiger partial charge in [-0.1, -0.05) is 18.2 Å². The Morgan fingerprint density at radius 3 is 2.11 bits per heavy atom. The van der Waals surface area contributed by atoms with E-state index in [0.717, 1.165) is 9.75 Å². The first-order valence-electron chi connectivity index (χ1n) is 8.15. The molecule has 8 heteroatoms. The van der Waals surface area contributed by atoms with Crippen LogP contribution in [0.2, 0.25) is 0 Å². The van der Waals surface area contributed by atoms with Gasteiger partial charge in [-0.25, -0.2) is 13.2 Å². The van der Waals surface area contributed by atoms with Crippen LogP contribution < -0.4 is 0 Å². The molecule has 0 saturated carbocycles. The van der Waals surface area contributed by atoms with Gasteiger partial charge in [-0.2, -0.15) is 4.31 Å². The van der Waals surface area contributed by atoms with Gasteiger partial charge in [-0.15, -0.1) is 22.7 Å². The van der Waals surface area contributed by atoms with Crippen molar-refractivity contribution in [2.45, 2.75) is 24.9 Å². The highest BCUT2D eigenvalue weighted by atomic mass is 32.2. The molecule has 27 heavy (non-hydrogen) atoms. The highest BCUT2D eigenvalue weighted by molar-refractivity contribution is 7.89. The van der Waals surface area contributed by atoms with Crippen LogP contribution in [0.5, 0.6) is 0 Å². The molecule has 0 atom stereocenters. The maximum Gasteiger partial charge on any atom is 0.337 e. The fourth-order valence-corrected chi connectivity index (χ4v) is 5.89. The van der Waals surface area contributed by atoms with Crippen LogP contribution >= 0.6 is 22.7 Å². The first-order chi connectivity index (χ1) is 12.9. The van der Waals surface area contributed by atoms with Gasteiger partial charge < -0.3 is 4.74 Å². The first-order valence-corrected chi connectivity index (χ1v) is 11.4. The maximum atomic E-state index is 13.5. The Morgan fingerprint density at radius 2 is 1.63 bits per heavy atom. The molecule has 0 aliphatic rings. The normalized spacial score (nSPS) is 11.7. The highest BCUT2D eigenvalue weighted by Crippen LogP contribution is 2.27. The number of esters is 1. The molecule has 0 aliphatic heterocycles. The lowest BCUT2D eigenvalue weighted by Gasteiger charge is -2.22. The molecular weight excluding hydrogens is 402 g/mol. The second kappa shape index (κ2) is 8.35. The van der Waals surface area contributed by atoms with Crippen LogP contribution in [0.4, 0.5) is 0 Å². The lowest BCUT2D eigenvalue weighted by Crippen LogP contribution is -2.30. The molecular formula is C19H19NO4S3. The van der Waals surface area contributed by atoms with Crippen molar-refractivity contribution in [3.8, 4) is 0 Å². The molecule has 3 rings (SSSR count). The Bertz CT molecular complexity index is 973. The third-order valence-corrected chi connectivity index (χ3v) is 7.71. The number of rotatable bonds is 7. The standard InChI is InChI=1S/C19H19NO4S3/c1-14-7-8-15(19(21)24-2)11-18(14)27(22,23)20(12-16-5-3-9-25-16)13-17-6-4-10-26-17/h3-11H,12-13H2,1-2H3. The minimum atomic E-state index is -3.81. The number of hydrogen-bond donors (Lipinski definition) is 0. The Morgan fingerprint density at radius 1 is 1.04 bits per heavy atom. The van der Waals surface area contributed by atoms with Gasteiger partial charge >= 0.3 is 5.97 Å². The van der Waals surface area contributed by atoms with Crippen molar-refractivity contribution in [2.75, 3.05) is 7.11 Å². The lowest BCUT2D eigenvalue weighted by molar-refractivity contribution is 0.0600. The van der Waals surface area contributed by atoms with Gasteiger partial charge in [0.15, 0.2) is 0 Å². The molecule has 0 spiro atoms. The van der Waals surface area contributed by atoms with Crippen molar-refractivity contribution >= 4 is 38.7 Å². The molecule has 2 heterocycles. The third kappa shape index (κ3) is 4.47. The first kappa shape index (κ1) is 19.8. The van der Waals surface area contributed by atoms with Crippen LogP contribution in [-0.2, 0) is 27.8 Å². The SMILES string of the molecule is COC(=O)c1ccc(C)c(S(=O)(=O)N(Cc2cccs2)Cc2cccs2)c1. The van der Waals surface area contributed by atoms with Gasteiger partial charge in [0.25, 0.3) is 0 Å². The number of hydrogen-bond acceptors (Lipinski definition) is 6. The van der Waals surface area contributed by atoms with Gasteiger partial charge in [-0.05, 0) is 47.5 Å². The van der Waals surface area contributed by atoms with E-state index in [0.29, 0.717) is 5.56 Å². The third-order valence-electron chi connectivity index (χ3n) is 4.05. The summed E-state index contributed by atoms with van der Waals surface area (Å²) in [6.07, 6.45) is 0. The fourth-order valence-electron chi connectivity index (χ4n) is 2.64. The Kier molecular flexibility index (Phi) is 6.11. The lowest BCUT2D eigenvalue weighted by atomic mass is 10.1. The predicted molar refractivity (Wildman–Crippen MR) is 108 cm³/mol. The molecule has 0 saturated heterocycles. The van der Waals surface area contributed by atoms with Gasteiger partial charge in [-0.3, -0.25) is 0 Å². The number of carbonyl (C=O) groups excluding carboxylic acids is 1. The molecule has 5 nitrogen and oxygen atoms in total. The summed E-state index contributed by atoms with van der Waals surface area (Å²) in [5.41, 5.74) is 0.805. The highest BCUT2D eigenvalue weighted by Gasteiger charge is 2.28. The van der Waals surface area contributed by atoms with E-state index in [2.05, 4.69) is 0 Å². The van der Waals surface area contributed by atoms with E-state index in [1.807, 2.05) is 35.0 Å². The van der Waals surface area contributed by atoms with Crippen molar-refractivity contribution in [1.29, 1.82) is 0 Å². The number of ether oxygens (including phenoxy) is 1. The number of aryl methyl sites for hydroxylation is 1. The summed E-state index contributed by atoms with van der Waals surface area (Å²) in [7, 11) is -2.54. The number of nitrogens with zero attached hydrogens (tertiary/aromatic N) is 1. The molecule has 3 aromatic rings. The minimum Gasteiger partial charge on any atom is -0.465 e. The quantitative estimate of drug-likeness (QED) is 0.534. The summed E-state index contributed by atoms with van der Waals surface area (Å²) >= 11 is 3.03. The topological polar surface area (TPSA) is 63.7 Å². The number of methoxy groups -OCH3 is 1. The summed E-state index contributed by atoms with van der Waals surface area (Å²) in [4.78, 5) is 13.9. The summed E-state index contributed by atoms with van der Waals surface area (Å²) in [5.74, 6) is -0.561. The largest absolute Gasteiger partial charge is 0.465 e. The van der Waals surface area contributed by atoms with E-state index in [1.165, 1.54) is 40.2 Å². The Labute approximate surface area is 166 Å².